The number of nitrogens with zero attached hydrogens (tertiary/aromatic N) is 3. The number of hydrogen-bond donors (Lipinski definition) is 1. The van der Waals surface area contributed by atoms with Gasteiger partial charge in [-0.15, -0.1) is 0 Å². The summed E-state index contributed by atoms with van der Waals surface area (Å²) in [5.41, 5.74) is -2.62. The lowest BCUT2D eigenvalue weighted by molar-refractivity contribution is -0.396. The second kappa shape index (κ2) is 9.81. The van der Waals surface area contributed by atoms with Gasteiger partial charge in [-0.05, 0) is 25.0 Å². The summed E-state index contributed by atoms with van der Waals surface area (Å²) < 4.78 is 5.43. The van der Waals surface area contributed by atoms with Gasteiger partial charge in [0.2, 0.25) is 0 Å². The molecule has 3 rings (SSSR count). The largest absolute Gasteiger partial charge is 0.436 e. The van der Waals surface area contributed by atoms with Gasteiger partial charge in [-0.3, -0.25) is 30.3 Å². The lowest BCUT2D eigenvalue weighted by atomic mass is 9.95. The third-order valence-corrected chi connectivity index (χ3v) is 5.28. The molecule has 2 aromatic rings. The normalized spacial score (nSPS) is 14.9. The molecule has 32 heavy (non-hydrogen) atoms. The van der Waals surface area contributed by atoms with E-state index in [0.717, 1.165) is 56.4 Å². The van der Waals surface area contributed by atoms with Crippen LogP contribution in [-0.4, -0.2) is 26.9 Å². The van der Waals surface area contributed by atoms with Gasteiger partial charge < -0.3 is 10.1 Å². The van der Waals surface area contributed by atoms with Crippen LogP contribution in [0.25, 0.3) is 0 Å². The number of hydrogen-bond acceptors (Lipinski definition) is 8. The van der Waals surface area contributed by atoms with Crippen molar-refractivity contribution < 1.29 is 24.3 Å². The zero-order chi connectivity index (χ0) is 23.3. The number of ether oxygens (including phenoxy) is 1. The van der Waals surface area contributed by atoms with Gasteiger partial charge in [0.15, 0.2) is 11.7 Å². The third-order valence-electron chi connectivity index (χ3n) is 5.28. The number of carbonyl (C=O) groups excluding carboxylic acids is 1. The Kier molecular flexibility index (Phi) is 6.93. The average Bonchev–Trinajstić information content (AvgIpc) is 2.77. The molecular weight excluding hydrogens is 424 g/mol. The minimum Gasteiger partial charge on any atom is -0.436 e. The molecule has 0 saturated heterocycles. The summed E-state index contributed by atoms with van der Waals surface area (Å²) in [6, 6.07) is 8.15. The summed E-state index contributed by atoms with van der Waals surface area (Å²) in [5, 5.41) is 37.5. The maximum Gasteiger partial charge on any atom is 0.408 e. The fourth-order valence-electron chi connectivity index (χ4n) is 3.84. The summed E-state index contributed by atoms with van der Waals surface area (Å²) >= 11 is 0. The monoisotopic (exact) mass is 444 g/mol. The van der Waals surface area contributed by atoms with E-state index in [2.05, 4.69) is 5.32 Å². The Morgan fingerprint density at radius 2 is 1.38 bits per heavy atom. The molecule has 2 aromatic carbocycles. The topological polar surface area (TPSA) is 168 Å². The number of amides is 1. The molecule has 1 N–H and O–H groups in total. The first kappa shape index (κ1) is 22.6. The lowest BCUT2D eigenvalue weighted by Crippen LogP contribution is -2.37. The molecule has 168 valence electrons. The highest BCUT2D eigenvalue weighted by Crippen LogP contribution is 2.42. The van der Waals surface area contributed by atoms with Crippen LogP contribution in [-0.2, 0) is 4.74 Å². The van der Waals surface area contributed by atoms with Crippen LogP contribution in [0.5, 0.6) is 0 Å². The zero-order valence-corrected chi connectivity index (χ0v) is 16.8. The van der Waals surface area contributed by atoms with E-state index in [9.17, 15) is 35.1 Å². The average molecular weight is 444 g/mol. The van der Waals surface area contributed by atoms with E-state index in [1.807, 2.05) is 0 Å². The molecule has 12 nitrogen and oxygen atoms in total. The van der Waals surface area contributed by atoms with Crippen LogP contribution in [0, 0.1) is 30.3 Å². The van der Waals surface area contributed by atoms with Crippen molar-refractivity contribution in [3.8, 4) is 0 Å². The highest BCUT2D eigenvalue weighted by atomic mass is 16.6. The number of carbonyl (C=O) groups is 1. The van der Waals surface area contributed by atoms with Crippen molar-refractivity contribution in [3.63, 3.8) is 0 Å². The molecular formula is C20H20N4O8. The molecule has 0 aromatic heterocycles. The van der Waals surface area contributed by atoms with Gasteiger partial charge in [0.05, 0.1) is 20.3 Å². The third kappa shape index (κ3) is 4.96. The molecule has 0 aliphatic heterocycles. The zero-order valence-electron chi connectivity index (χ0n) is 16.8. The first-order valence-electron chi connectivity index (χ1n) is 9.91. The fourth-order valence-corrected chi connectivity index (χ4v) is 3.84. The van der Waals surface area contributed by atoms with Crippen molar-refractivity contribution >= 4 is 23.2 Å². The number of alkyl carbamates (subject to hydrolysis) is 1. The van der Waals surface area contributed by atoms with E-state index in [0.29, 0.717) is 0 Å². The summed E-state index contributed by atoms with van der Waals surface area (Å²) in [5.74, 6) is 0. The van der Waals surface area contributed by atoms with Crippen LogP contribution in [0.4, 0.5) is 21.9 Å². The maximum absolute atomic E-state index is 12.7. The van der Waals surface area contributed by atoms with Gasteiger partial charge >= 0.3 is 6.09 Å². The Morgan fingerprint density at radius 1 is 0.844 bits per heavy atom. The molecule has 1 saturated carbocycles. The predicted octanol–water partition coefficient (Wildman–Crippen LogP) is 4.56. The number of para-hydroxylation sites is 1. The van der Waals surface area contributed by atoms with Crippen molar-refractivity contribution in [1.29, 1.82) is 0 Å². The molecule has 1 atom stereocenters. The van der Waals surface area contributed by atoms with Gasteiger partial charge in [0, 0.05) is 24.2 Å². The van der Waals surface area contributed by atoms with Crippen LogP contribution < -0.4 is 5.32 Å². The van der Waals surface area contributed by atoms with Crippen molar-refractivity contribution in [3.05, 3.63) is 83.9 Å². The van der Waals surface area contributed by atoms with Gasteiger partial charge in [-0.2, -0.15) is 0 Å². The van der Waals surface area contributed by atoms with Crippen LogP contribution in [0.1, 0.15) is 49.3 Å². The number of nitro benzene ring substituents is 3. The minimum atomic E-state index is -1.75. The molecule has 0 spiro atoms. The van der Waals surface area contributed by atoms with Gasteiger partial charge in [-0.1, -0.05) is 31.4 Å². The summed E-state index contributed by atoms with van der Waals surface area (Å²) in [6.07, 6.45) is 1.58. The maximum atomic E-state index is 12.7. The van der Waals surface area contributed by atoms with Crippen molar-refractivity contribution in [2.24, 2.45) is 0 Å². The summed E-state index contributed by atoms with van der Waals surface area (Å²) in [7, 11) is 0. The summed E-state index contributed by atoms with van der Waals surface area (Å²) in [6.45, 7) is 0. The number of benzene rings is 2. The highest BCUT2D eigenvalue weighted by molar-refractivity contribution is 5.70. The SMILES string of the molecule is O=C(NC1CCCCC1)OC(c1ccccc1[N+](=O)[O-])c1c([N+](=O)[O-])cccc1[N+](=O)[O-]. The molecule has 0 bridgehead atoms. The van der Waals surface area contributed by atoms with Gasteiger partial charge in [0.25, 0.3) is 17.1 Å². The fraction of sp³-hybridized carbons (Fsp3) is 0.350. The molecule has 1 amide bonds. The second-order valence-electron chi connectivity index (χ2n) is 7.30. The summed E-state index contributed by atoms with van der Waals surface area (Å²) in [4.78, 5) is 45.1. The Labute approximate surface area is 181 Å². The Bertz CT molecular complexity index is 1020. The van der Waals surface area contributed by atoms with Crippen LogP contribution >= 0.6 is 0 Å². The molecule has 1 aliphatic carbocycles. The van der Waals surface area contributed by atoms with Gasteiger partial charge in [0.1, 0.15) is 0 Å². The van der Waals surface area contributed by atoms with E-state index in [-0.39, 0.29) is 11.6 Å². The quantitative estimate of drug-likeness (QED) is 0.479. The Balaban J connectivity index is 2.12. The van der Waals surface area contributed by atoms with Crippen molar-refractivity contribution in [2.75, 3.05) is 0 Å². The van der Waals surface area contributed by atoms with Crippen molar-refractivity contribution in [1.82, 2.24) is 5.32 Å². The number of nitro groups is 3. The first-order valence-corrected chi connectivity index (χ1v) is 9.91. The number of rotatable bonds is 7. The molecule has 0 heterocycles. The van der Waals surface area contributed by atoms with E-state index in [1.54, 1.807) is 0 Å². The molecule has 1 fully saturated rings. The van der Waals surface area contributed by atoms with Crippen LogP contribution in [0.3, 0.4) is 0 Å². The van der Waals surface area contributed by atoms with Crippen molar-refractivity contribution in [2.45, 2.75) is 44.2 Å². The second-order valence-corrected chi connectivity index (χ2v) is 7.30. The van der Waals surface area contributed by atoms with Gasteiger partial charge in [-0.25, -0.2) is 4.79 Å². The smallest absolute Gasteiger partial charge is 0.408 e. The van der Waals surface area contributed by atoms with Crippen LogP contribution in [0.2, 0.25) is 0 Å². The van der Waals surface area contributed by atoms with Crippen LogP contribution in [0.15, 0.2) is 42.5 Å². The molecule has 12 heteroatoms. The van der Waals surface area contributed by atoms with E-state index < -0.39 is 49.6 Å². The molecule has 0 radical (unpaired) electrons. The molecule has 1 unspecified atom stereocenters. The minimum absolute atomic E-state index is 0.177. The standard InChI is InChI=1S/C20H20N4O8/c25-20(21-13-7-2-1-3-8-13)32-19(14-9-4-5-10-15(14)22(26)27)18-16(23(28)29)11-6-12-17(18)24(30)31/h4-6,9-13,19H,1-3,7-8H2,(H,21,25). The Hall–Kier alpha value is -4.09. The van der Waals surface area contributed by atoms with E-state index in [1.165, 1.54) is 18.2 Å². The van der Waals surface area contributed by atoms with E-state index >= 15 is 0 Å². The Morgan fingerprint density at radius 3 is 1.94 bits per heavy atom. The van der Waals surface area contributed by atoms with E-state index in [4.69, 9.17) is 4.74 Å². The number of nitrogens with one attached hydrogen (secondary N) is 1. The molecule has 1 aliphatic rings. The lowest BCUT2D eigenvalue weighted by Gasteiger charge is -2.24. The highest BCUT2D eigenvalue weighted by Gasteiger charge is 2.38. The predicted molar refractivity (Wildman–Crippen MR) is 111 cm³/mol. The first-order chi connectivity index (χ1) is 15.3.